The molecule has 6 nitrogen and oxygen atoms in total. The Morgan fingerprint density at radius 2 is 1.65 bits per heavy atom. The van der Waals surface area contributed by atoms with Crippen molar-refractivity contribution in [2.45, 2.75) is 30.7 Å². The maximum atomic E-state index is 13.9. The number of halogens is 7. The largest absolute Gasteiger partial charge is 0.449 e. The van der Waals surface area contributed by atoms with Crippen molar-refractivity contribution in [1.82, 2.24) is 14.8 Å². The van der Waals surface area contributed by atoms with E-state index in [4.69, 9.17) is 23.2 Å². The number of aryl methyl sites for hydroxylation is 1. The number of benzene rings is 2. The van der Waals surface area contributed by atoms with Gasteiger partial charge in [-0.15, -0.1) is 0 Å². The average Bonchev–Trinajstić information content (AvgIpc) is 3.13. The smallest absolute Gasteiger partial charge is 0.290 e. The van der Waals surface area contributed by atoms with Crippen LogP contribution in [0.5, 0.6) is 0 Å². The fourth-order valence-corrected chi connectivity index (χ4v) is 5.75. The molecule has 0 aliphatic heterocycles. The number of sulfone groups is 1. The number of Topliss-reactive ketones (excluding diaryl/α,β-unsaturated/α-hetero) is 1. The molecule has 14 heteroatoms. The van der Waals surface area contributed by atoms with E-state index >= 15 is 0 Å². The van der Waals surface area contributed by atoms with Gasteiger partial charge in [0.2, 0.25) is 5.78 Å². The maximum absolute atomic E-state index is 13.9. The van der Waals surface area contributed by atoms with Gasteiger partial charge in [0, 0.05) is 48.2 Å². The molecule has 4 rings (SSSR count). The molecule has 0 aliphatic rings. The van der Waals surface area contributed by atoms with E-state index in [2.05, 4.69) is 10.1 Å². The van der Waals surface area contributed by atoms with Crippen molar-refractivity contribution in [3.63, 3.8) is 0 Å². The highest BCUT2D eigenvalue weighted by atomic mass is 35.5. The van der Waals surface area contributed by atoms with Crippen molar-refractivity contribution in [2.75, 3.05) is 6.26 Å². The zero-order valence-corrected chi connectivity index (χ0v) is 23.2. The van der Waals surface area contributed by atoms with Crippen LogP contribution in [-0.4, -0.2) is 41.4 Å². The number of carbonyl (C=O) groups excluding carboxylic acids is 1. The van der Waals surface area contributed by atoms with Crippen LogP contribution in [0.1, 0.15) is 29.3 Å². The molecule has 0 aliphatic carbocycles. The van der Waals surface area contributed by atoms with Crippen LogP contribution in [0.15, 0.2) is 42.5 Å². The van der Waals surface area contributed by atoms with Gasteiger partial charge >= 0.3 is 6.18 Å². The van der Waals surface area contributed by atoms with E-state index in [0.717, 1.165) is 18.4 Å². The molecule has 2 aromatic heterocycles. The van der Waals surface area contributed by atoms with Gasteiger partial charge in [-0.1, -0.05) is 29.3 Å². The first-order valence-electron chi connectivity index (χ1n) is 11.6. The molecule has 0 saturated heterocycles. The molecule has 0 bridgehead atoms. The summed E-state index contributed by atoms with van der Waals surface area (Å²) < 4.78 is 93.3. The molecule has 0 radical (unpaired) electrons. The minimum absolute atomic E-state index is 0.00225. The molecule has 1 atom stereocenters. The van der Waals surface area contributed by atoms with Crippen LogP contribution < -0.4 is 0 Å². The number of rotatable bonds is 8. The number of hydrogen-bond donors (Lipinski definition) is 0. The molecule has 2 heterocycles. The van der Waals surface area contributed by atoms with Gasteiger partial charge in [0.25, 0.3) is 0 Å². The number of hydrogen-bond acceptors (Lipinski definition) is 5. The van der Waals surface area contributed by atoms with Crippen molar-refractivity contribution in [1.29, 1.82) is 0 Å². The third-order valence-electron chi connectivity index (χ3n) is 6.13. The van der Waals surface area contributed by atoms with E-state index in [1.165, 1.54) is 29.9 Å². The van der Waals surface area contributed by atoms with Crippen LogP contribution in [0.3, 0.4) is 0 Å². The summed E-state index contributed by atoms with van der Waals surface area (Å²) in [6.07, 6.45) is -5.59. The Kier molecular flexibility index (Phi) is 8.26. The molecule has 4 aromatic rings. The van der Waals surface area contributed by atoms with Gasteiger partial charge in [-0.2, -0.15) is 18.3 Å². The Morgan fingerprint density at radius 1 is 1.02 bits per heavy atom. The third-order valence-corrected chi connectivity index (χ3v) is 7.45. The summed E-state index contributed by atoms with van der Waals surface area (Å²) in [6.45, 7) is 0. The number of alkyl halides is 3. The van der Waals surface area contributed by atoms with Gasteiger partial charge in [0.15, 0.2) is 9.84 Å². The molecule has 40 heavy (non-hydrogen) atoms. The van der Waals surface area contributed by atoms with Crippen molar-refractivity contribution in [3.05, 3.63) is 81.2 Å². The van der Waals surface area contributed by atoms with Crippen LogP contribution in [0.2, 0.25) is 10.2 Å². The second kappa shape index (κ2) is 11.1. The summed E-state index contributed by atoms with van der Waals surface area (Å²) in [5.41, 5.74) is 1.09. The highest BCUT2D eigenvalue weighted by molar-refractivity contribution is 7.89. The van der Waals surface area contributed by atoms with Gasteiger partial charge in [-0.3, -0.25) is 9.48 Å². The monoisotopic (exact) mass is 619 g/mol. The Labute approximate surface area is 235 Å². The molecule has 2 aromatic carbocycles. The predicted octanol–water partition coefficient (Wildman–Crippen LogP) is 6.61. The van der Waals surface area contributed by atoms with Crippen molar-refractivity contribution >= 4 is 49.7 Å². The molecule has 0 unspecified atom stereocenters. The normalized spacial score (nSPS) is 13.1. The molecule has 0 fully saturated rings. The SMILES string of the molecule is Cn1nc(CS(C)(=O)=O)c2c(Cl)ccc(-c3ccc(Cl)nc3[C@@H](CC(=O)C(F)(F)F)Cc3cc(F)cc(F)c3)c21. The molecule has 0 saturated carbocycles. The summed E-state index contributed by atoms with van der Waals surface area (Å²) in [5.74, 6) is -5.67. The van der Waals surface area contributed by atoms with Gasteiger partial charge in [-0.05, 0) is 42.3 Å². The lowest BCUT2D eigenvalue weighted by atomic mass is 9.86. The fourth-order valence-electron chi connectivity index (χ4n) is 4.63. The molecule has 0 spiro atoms. The predicted molar refractivity (Wildman–Crippen MR) is 141 cm³/mol. The maximum Gasteiger partial charge on any atom is 0.449 e. The Bertz CT molecular complexity index is 1720. The number of ketones is 1. The van der Waals surface area contributed by atoms with Gasteiger partial charge < -0.3 is 0 Å². The summed E-state index contributed by atoms with van der Waals surface area (Å²) in [4.78, 5) is 16.4. The summed E-state index contributed by atoms with van der Waals surface area (Å²) in [5, 5.41) is 4.70. The van der Waals surface area contributed by atoms with Crippen LogP contribution >= 0.6 is 23.2 Å². The van der Waals surface area contributed by atoms with Gasteiger partial charge in [-0.25, -0.2) is 22.2 Å². The first-order chi connectivity index (χ1) is 18.5. The Balaban J connectivity index is 1.95. The highest BCUT2D eigenvalue weighted by Crippen LogP contribution is 2.40. The lowest BCUT2D eigenvalue weighted by Gasteiger charge is -2.21. The van der Waals surface area contributed by atoms with Crippen LogP contribution in [0.4, 0.5) is 22.0 Å². The zero-order valence-electron chi connectivity index (χ0n) is 20.9. The number of fused-ring (bicyclic) bond motifs is 1. The lowest BCUT2D eigenvalue weighted by Crippen LogP contribution is -2.26. The molecular weight excluding hydrogens is 600 g/mol. The van der Waals surface area contributed by atoms with Crippen molar-refractivity contribution < 1.29 is 35.2 Å². The van der Waals surface area contributed by atoms with Gasteiger partial charge in [0.1, 0.15) is 16.8 Å². The van der Waals surface area contributed by atoms with E-state index in [1.54, 1.807) is 6.07 Å². The molecule has 212 valence electrons. The zero-order chi connectivity index (χ0) is 29.6. The number of pyridine rings is 1. The number of carbonyl (C=O) groups is 1. The van der Waals surface area contributed by atoms with Gasteiger partial charge in [0.05, 0.1) is 27.7 Å². The van der Waals surface area contributed by atoms with E-state index in [-0.39, 0.29) is 39.1 Å². The Morgan fingerprint density at radius 3 is 2.25 bits per heavy atom. The third kappa shape index (κ3) is 6.61. The quantitative estimate of drug-likeness (QED) is 0.164. The van der Waals surface area contributed by atoms with E-state index in [9.17, 15) is 35.2 Å². The number of nitrogens with zero attached hydrogens (tertiary/aromatic N) is 3. The standard InChI is InChI=1S/C26H20Cl2F5N3O3S/c1-36-25-18(3-5-19(27)23(25)20(35-36)12-40(2,38)39)17-4-6-22(28)34-24(17)14(10-21(37)26(31,32)33)7-13-8-15(29)11-16(30)9-13/h3-6,8-9,11,14H,7,10,12H2,1-2H3/t14-/m1/s1. The first kappa shape index (κ1) is 29.9. The van der Waals surface area contributed by atoms with Crippen LogP contribution in [0.25, 0.3) is 22.0 Å². The molecule has 0 N–H and O–H groups in total. The lowest BCUT2D eigenvalue weighted by molar-refractivity contribution is -0.171. The summed E-state index contributed by atoms with van der Waals surface area (Å²) in [7, 11) is -1.98. The highest BCUT2D eigenvalue weighted by Gasteiger charge is 2.40. The summed E-state index contributed by atoms with van der Waals surface area (Å²) >= 11 is 12.6. The topological polar surface area (TPSA) is 81.9 Å². The van der Waals surface area contributed by atoms with E-state index in [0.29, 0.717) is 22.5 Å². The second-order valence-corrected chi connectivity index (χ2v) is 12.3. The fraction of sp³-hybridized carbons (Fsp3) is 0.269. The molecule has 0 amide bonds. The average molecular weight is 620 g/mol. The van der Waals surface area contributed by atoms with Crippen molar-refractivity contribution in [3.8, 4) is 11.1 Å². The minimum Gasteiger partial charge on any atom is -0.290 e. The number of aromatic nitrogens is 3. The van der Waals surface area contributed by atoms with E-state index in [1.807, 2.05) is 0 Å². The Hall–Kier alpha value is -3.09. The summed E-state index contributed by atoms with van der Waals surface area (Å²) in [6, 6.07) is 8.42. The second-order valence-electron chi connectivity index (χ2n) is 9.33. The minimum atomic E-state index is -5.17. The van der Waals surface area contributed by atoms with Crippen LogP contribution in [0, 0.1) is 11.6 Å². The molecular formula is C26H20Cl2F5N3O3S. The van der Waals surface area contributed by atoms with E-state index < -0.39 is 51.5 Å². The van der Waals surface area contributed by atoms with Crippen molar-refractivity contribution in [2.24, 2.45) is 7.05 Å². The van der Waals surface area contributed by atoms with Crippen LogP contribution in [-0.2, 0) is 33.9 Å². The first-order valence-corrected chi connectivity index (χ1v) is 14.4.